The highest BCUT2D eigenvalue weighted by Crippen LogP contribution is 2.25. The number of hydrogen-bond donors (Lipinski definition) is 1. The van der Waals surface area contributed by atoms with Crippen LogP contribution in [0.4, 0.5) is 4.79 Å². The van der Waals surface area contributed by atoms with Gasteiger partial charge in [-0.15, -0.1) is 0 Å². The van der Waals surface area contributed by atoms with Crippen molar-refractivity contribution >= 4 is 6.03 Å². The van der Waals surface area contributed by atoms with Crippen molar-refractivity contribution in [3.05, 3.63) is 53.6 Å². The zero-order chi connectivity index (χ0) is 18.9. The van der Waals surface area contributed by atoms with E-state index >= 15 is 0 Å². The van der Waals surface area contributed by atoms with Gasteiger partial charge in [0.2, 0.25) is 0 Å². The summed E-state index contributed by atoms with van der Waals surface area (Å²) in [5.41, 5.74) is 1.81. The van der Waals surface area contributed by atoms with E-state index in [1.54, 1.807) is 26.2 Å². The van der Waals surface area contributed by atoms with Crippen LogP contribution < -0.4 is 19.5 Å². The fraction of sp³-hybridized carbons (Fsp3) is 0.350. The highest BCUT2D eigenvalue weighted by molar-refractivity contribution is 5.74. The molecule has 0 atom stereocenters. The van der Waals surface area contributed by atoms with E-state index in [1.807, 2.05) is 49.4 Å². The standard InChI is InChI=1S/C20H26N2O4/c1-5-26-19-9-7-6-8-15(19)13-21-20(23)22(2)14-16-12-17(24-3)10-11-18(16)25-4/h6-12H,5,13-14H2,1-4H3,(H,21,23). The molecule has 0 unspecified atom stereocenters. The van der Waals surface area contributed by atoms with Crippen molar-refractivity contribution in [3.63, 3.8) is 0 Å². The number of carbonyl (C=O) groups excluding carboxylic acids is 1. The fourth-order valence-electron chi connectivity index (χ4n) is 2.58. The molecule has 0 radical (unpaired) electrons. The summed E-state index contributed by atoms with van der Waals surface area (Å²) in [6, 6.07) is 13.0. The maximum absolute atomic E-state index is 12.4. The Kier molecular flexibility index (Phi) is 7.14. The molecule has 2 amide bonds. The topological polar surface area (TPSA) is 60.0 Å². The number of nitrogens with zero attached hydrogens (tertiary/aromatic N) is 1. The van der Waals surface area contributed by atoms with Crippen LogP contribution in [0, 0.1) is 0 Å². The monoisotopic (exact) mass is 358 g/mol. The quantitative estimate of drug-likeness (QED) is 0.785. The molecule has 26 heavy (non-hydrogen) atoms. The van der Waals surface area contributed by atoms with Crippen molar-refractivity contribution in [2.24, 2.45) is 0 Å². The third-order valence-electron chi connectivity index (χ3n) is 3.94. The van der Waals surface area contributed by atoms with E-state index in [1.165, 1.54) is 0 Å². The molecule has 0 saturated heterocycles. The molecule has 2 aromatic carbocycles. The maximum atomic E-state index is 12.4. The Bertz CT molecular complexity index is 734. The predicted octanol–water partition coefficient (Wildman–Crippen LogP) is 3.44. The molecule has 0 fully saturated rings. The molecule has 0 saturated carbocycles. The number of amides is 2. The van der Waals surface area contributed by atoms with Gasteiger partial charge in [0.05, 0.1) is 27.4 Å². The summed E-state index contributed by atoms with van der Waals surface area (Å²) in [4.78, 5) is 14.0. The molecule has 2 rings (SSSR count). The van der Waals surface area contributed by atoms with Crippen LogP contribution in [-0.4, -0.2) is 38.8 Å². The van der Waals surface area contributed by atoms with Crippen LogP contribution in [0.15, 0.2) is 42.5 Å². The van der Waals surface area contributed by atoms with Crippen LogP contribution in [0.5, 0.6) is 17.2 Å². The number of rotatable bonds is 8. The van der Waals surface area contributed by atoms with Gasteiger partial charge >= 0.3 is 6.03 Å². The summed E-state index contributed by atoms with van der Waals surface area (Å²) in [6.45, 7) is 3.32. The highest BCUT2D eigenvalue weighted by Gasteiger charge is 2.13. The zero-order valence-electron chi connectivity index (χ0n) is 15.7. The molecular weight excluding hydrogens is 332 g/mol. The van der Waals surface area contributed by atoms with Gasteiger partial charge in [-0.05, 0) is 31.2 Å². The first-order chi connectivity index (χ1) is 12.6. The molecule has 6 nitrogen and oxygen atoms in total. The SMILES string of the molecule is CCOc1ccccc1CNC(=O)N(C)Cc1cc(OC)ccc1OC. The molecule has 140 valence electrons. The van der Waals surface area contributed by atoms with Crippen LogP contribution >= 0.6 is 0 Å². The number of urea groups is 1. The van der Waals surface area contributed by atoms with Crippen molar-refractivity contribution < 1.29 is 19.0 Å². The largest absolute Gasteiger partial charge is 0.497 e. The smallest absolute Gasteiger partial charge is 0.317 e. The minimum atomic E-state index is -0.179. The molecule has 2 aromatic rings. The van der Waals surface area contributed by atoms with E-state index in [-0.39, 0.29) is 6.03 Å². The molecule has 0 spiro atoms. The third kappa shape index (κ3) is 5.05. The Morgan fingerprint density at radius 3 is 2.50 bits per heavy atom. The van der Waals surface area contributed by atoms with E-state index in [2.05, 4.69) is 5.32 Å². The second kappa shape index (κ2) is 9.56. The van der Waals surface area contributed by atoms with Gasteiger partial charge in [-0.1, -0.05) is 18.2 Å². The number of ether oxygens (including phenoxy) is 3. The zero-order valence-corrected chi connectivity index (χ0v) is 15.7. The second-order valence-corrected chi connectivity index (χ2v) is 5.73. The van der Waals surface area contributed by atoms with E-state index in [4.69, 9.17) is 14.2 Å². The van der Waals surface area contributed by atoms with Crippen LogP contribution in [0.3, 0.4) is 0 Å². The van der Waals surface area contributed by atoms with Gasteiger partial charge in [-0.2, -0.15) is 0 Å². The van der Waals surface area contributed by atoms with Gasteiger partial charge in [0.25, 0.3) is 0 Å². The average molecular weight is 358 g/mol. The Morgan fingerprint density at radius 2 is 1.81 bits per heavy atom. The molecule has 6 heteroatoms. The lowest BCUT2D eigenvalue weighted by molar-refractivity contribution is 0.205. The lowest BCUT2D eigenvalue weighted by atomic mass is 10.1. The van der Waals surface area contributed by atoms with Crippen LogP contribution in [0.25, 0.3) is 0 Å². The molecule has 0 aliphatic heterocycles. The average Bonchev–Trinajstić information content (AvgIpc) is 2.67. The van der Waals surface area contributed by atoms with Crippen LogP contribution in [0.1, 0.15) is 18.1 Å². The first-order valence-electron chi connectivity index (χ1n) is 8.49. The van der Waals surface area contributed by atoms with Gasteiger partial charge in [-0.3, -0.25) is 0 Å². The van der Waals surface area contributed by atoms with Crippen molar-refractivity contribution in [3.8, 4) is 17.2 Å². The highest BCUT2D eigenvalue weighted by atomic mass is 16.5. The van der Waals surface area contributed by atoms with Crippen molar-refractivity contribution in [2.75, 3.05) is 27.9 Å². The number of nitrogens with one attached hydrogen (secondary N) is 1. The number of hydrogen-bond acceptors (Lipinski definition) is 4. The molecule has 0 aromatic heterocycles. The first-order valence-corrected chi connectivity index (χ1v) is 8.49. The van der Waals surface area contributed by atoms with Crippen LogP contribution in [-0.2, 0) is 13.1 Å². The van der Waals surface area contributed by atoms with E-state index in [9.17, 15) is 4.79 Å². The molecule has 0 bridgehead atoms. The molecule has 0 aliphatic rings. The first kappa shape index (κ1) is 19.4. The van der Waals surface area contributed by atoms with E-state index < -0.39 is 0 Å². The third-order valence-corrected chi connectivity index (χ3v) is 3.94. The number of methoxy groups -OCH3 is 2. The Hall–Kier alpha value is -2.89. The van der Waals surface area contributed by atoms with Gasteiger partial charge < -0.3 is 24.4 Å². The summed E-state index contributed by atoms with van der Waals surface area (Å²) in [5.74, 6) is 2.22. The van der Waals surface area contributed by atoms with E-state index in [0.29, 0.717) is 25.4 Å². The fourth-order valence-corrected chi connectivity index (χ4v) is 2.58. The van der Waals surface area contributed by atoms with Crippen molar-refractivity contribution in [2.45, 2.75) is 20.0 Å². The summed E-state index contributed by atoms with van der Waals surface area (Å²) in [6.07, 6.45) is 0. The van der Waals surface area contributed by atoms with Crippen LogP contribution in [0.2, 0.25) is 0 Å². The summed E-state index contributed by atoms with van der Waals surface area (Å²) in [5, 5.41) is 2.92. The summed E-state index contributed by atoms with van der Waals surface area (Å²) < 4.78 is 16.2. The van der Waals surface area contributed by atoms with Crippen molar-refractivity contribution in [1.82, 2.24) is 10.2 Å². The van der Waals surface area contributed by atoms with Gasteiger partial charge in [0.15, 0.2) is 0 Å². The number of benzene rings is 2. The normalized spacial score (nSPS) is 10.2. The van der Waals surface area contributed by atoms with Gasteiger partial charge in [0, 0.05) is 24.7 Å². The maximum Gasteiger partial charge on any atom is 0.317 e. The molecular formula is C20H26N2O4. The minimum absolute atomic E-state index is 0.179. The Morgan fingerprint density at radius 1 is 1.04 bits per heavy atom. The molecule has 0 aliphatic carbocycles. The Labute approximate surface area is 154 Å². The lowest BCUT2D eigenvalue weighted by Gasteiger charge is -2.20. The van der Waals surface area contributed by atoms with Gasteiger partial charge in [-0.25, -0.2) is 4.79 Å². The van der Waals surface area contributed by atoms with E-state index in [0.717, 1.165) is 22.6 Å². The number of carbonyl (C=O) groups is 1. The van der Waals surface area contributed by atoms with Gasteiger partial charge in [0.1, 0.15) is 17.2 Å². The summed E-state index contributed by atoms with van der Waals surface area (Å²) >= 11 is 0. The number of para-hydroxylation sites is 1. The Balaban J connectivity index is 2.00. The van der Waals surface area contributed by atoms with Crippen molar-refractivity contribution in [1.29, 1.82) is 0 Å². The summed E-state index contributed by atoms with van der Waals surface area (Å²) in [7, 11) is 4.95. The molecule has 0 heterocycles. The predicted molar refractivity (Wildman–Crippen MR) is 101 cm³/mol. The molecule has 1 N–H and O–H groups in total. The minimum Gasteiger partial charge on any atom is -0.497 e. The second-order valence-electron chi connectivity index (χ2n) is 5.73. The lowest BCUT2D eigenvalue weighted by Crippen LogP contribution is -2.36.